The molecule has 3 nitrogen and oxygen atoms in total. The number of thiophene rings is 1. The highest BCUT2D eigenvalue weighted by Crippen LogP contribution is 2.54. The quantitative estimate of drug-likeness (QED) is 0.144. The maximum absolute atomic E-state index is 2.45. The third-order valence-electron chi connectivity index (χ3n) is 12.2. The van der Waals surface area contributed by atoms with Crippen molar-refractivity contribution in [3.8, 4) is 11.1 Å². The van der Waals surface area contributed by atoms with E-state index in [1.165, 1.54) is 42.4 Å². The number of benzene rings is 9. The van der Waals surface area contributed by atoms with Gasteiger partial charge in [0.05, 0.1) is 10.4 Å². The van der Waals surface area contributed by atoms with E-state index >= 15 is 0 Å². The molecule has 1 aromatic heterocycles. The molecule has 0 saturated heterocycles. The molecule has 1 aliphatic carbocycles. The summed E-state index contributed by atoms with van der Waals surface area (Å²) < 4.78 is 2.53. The summed E-state index contributed by atoms with van der Waals surface area (Å²) in [5.41, 5.74) is 15.1. The summed E-state index contributed by atoms with van der Waals surface area (Å²) in [4.78, 5) is 7.21. The predicted molar refractivity (Wildman–Crippen MR) is 261 cm³/mol. The molecule has 0 unspecified atom stereocenters. The van der Waals surface area contributed by atoms with E-state index in [4.69, 9.17) is 0 Å². The smallest absolute Gasteiger partial charge is 0.0661 e. The zero-order valence-corrected chi connectivity index (χ0v) is 34.9. The topological polar surface area (TPSA) is 9.72 Å². The molecule has 0 aliphatic heterocycles. The number of para-hydroxylation sites is 5. The summed E-state index contributed by atoms with van der Waals surface area (Å²) in [5, 5.41) is 2.51. The molecule has 0 spiro atoms. The Bertz CT molecular complexity index is 3080. The first-order valence-corrected chi connectivity index (χ1v) is 21.7. The number of rotatable bonds is 9. The van der Waals surface area contributed by atoms with Crippen LogP contribution in [0.3, 0.4) is 0 Å². The molecule has 11 rings (SSSR count). The fraction of sp³-hybridized carbons (Fsp3) is 0.0526. The average molecular weight is 802 g/mol. The highest BCUT2D eigenvalue weighted by molar-refractivity contribution is 7.26. The molecule has 4 heteroatoms. The van der Waals surface area contributed by atoms with Crippen molar-refractivity contribution < 1.29 is 0 Å². The standard InChI is InChI=1S/C57H43N3S/c1-57(2)52-35-33-45(58(40-20-8-3-9-21-40)41-22-10-4-11-23-41)36-50(52)48-34-32-46(38-53(48)57)59(42-24-12-5-13-25-42)47-37-51-49-30-18-19-31-55(49)61-56(51)54(39-47)60(43-26-14-6-15-27-43)44-28-16-7-17-29-44/h3-39H,1-2H3. The Morgan fingerprint density at radius 3 is 1.34 bits per heavy atom. The van der Waals surface area contributed by atoms with Crippen molar-refractivity contribution in [3.05, 3.63) is 236 Å². The lowest BCUT2D eigenvalue weighted by atomic mass is 9.82. The molecular formula is C57H43N3S. The molecule has 0 fully saturated rings. The van der Waals surface area contributed by atoms with Crippen LogP contribution < -0.4 is 14.7 Å². The van der Waals surface area contributed by atoms with Crippen LogP contribution in [0.1, 0.15) is 25.0 Å². The second-order valence-corrected chi connectivity index (χ2v) is 17.3. The molecular weight excluding hydrogens is 759 g/mol. The molecule has 0 N–H and O–H groups in total. The van der Waals surface area contributed by atoms with E-state index in [0.717, 1.165) is 51.2 Å². The summed E-state index contributed by atoms with van der Waals surface area (Å²) in [6.07, 6.45) is 0. The molecule has 10 aromatic rings. The van der Waals surface area contributed by atoms with Gasteiger partial charge >= 0.3 is 0 Å². The fourth-order valence-corrected chi connectivity index (χ4v) is 10.5. The van der Waals surface area contributed by atoms with Crippen LogP contribution in [0.5, 0.6) is 0 Å². The Kier molecular flexibility index (Phi) is 9.02. The van der Waals surface area contributed by atoms with Crippen molar-refractivity contribution in [2.75, 3.05) is 14.7 Å². The van der Waals surface area contributed by atoms with E-state index in [1.54, 1.807) is 0 Å². The van der Waals surface area contributed by atoms with Crippen LogP contribution in [-0.4, -0.2) is 0 Å². The lowest BCUT2D eigenvalue weighted by molar-refractivity contribution is 0.660. The SMILES string of the molecule is CC1(C)c2ccc(N(c3ccccc3)c3ccccc3)cc2-c2ccc(N(c3ccccc3)c3cc(N(c4ccccc4)c4ccccc4)c4sc5ccccc5c4c3)cc21. The first-order chi connectivity index (χ1) is 30.0. The van der Waals surface area contributed by atoms with Crippen molar-refractivity contribution in [2.24, 2.45) is 0 Å². The summed E-state index contributed by atoms with van der Waals surface area (Å²) in [7, 11) is 0. The minimum absolute atomic E-state index is 0.220. The summed E-state index contributed by atoms with van der Waals surface area (Å²) in [6, 6.07) is 81.4. The number of hydrogen-bond acceptors (Lipinski definition) is 4. The van der Waals surface area contributed by atoms with E-state index in [-0.39, 0.29) is 5.41 Å². The van der Waals surface area contributed by atoms with E-state index < -0.39 is 0 Å². The Labute approximate surface area is 361 Å². The minimum Gasteiger partial charge on any atom is -0.310 e. The Morgan fingerprint density at radius 2 is 0.787 bits per heavy atom. The third kappa shape index (κ3) is 6.35. The predicted octanol–water partition coefficient (Wildman–Crippen LogP) is 16.8. The second-order valence-electron chi connectivity index (χ2n) is 16.2. The monoisotopic (exact) mass is 801 g/mol. The molecule has 9 aromatic carbocycles. The number of fused-ring (bicyclic) bond motifs is 6. The Morgan fingerprint density at radius 1 is 0.328 bits per heavy atom. The molecule has 292 valence electrons. The number of anilines is 9. The summed E-state index contributed by atoms with van der Waals surface area (Å²) in [6.45, 7) is 4.75. The van der Waals surface area contributed by atoms with Gasteiger partial charge in [0.1, 0.15) is 0 Å². The molecule has 1 heterocycles. The van der Waals surface area contributed by atoms with Crippen LogP contribution in [0.15, 0.2) is 224 Å². The van der Waals surface area contributed by atoms with Crippen LogP contribution in [0.25, 0.3) is 31.3 Å². The molecule has 0 saturated carbocycles. The number of hydrogen-bond donors (Lipinski definition) is 0. The van der Waals surface area contributed by atoms with Crippen LogP contribution in [0, 0.1) is 0 Å². The molecule has 0 atom stereocenters. The van der Waals surface area contributed by atoms with Crippen molar-refractivity contribution in [1.29, 1.82) is 0 Å². The molecule has 0 radical (unpaired) electrons. The van der Waals surface area contributed by atoms with Gasteiger partial charge < -0.3 is 14.7 Å². The maximum Gasteiger partial charge on any atom is 0.0661 e. The van der Waals surface area contributed by atoms with Gasteiger partial charge in [-0.25, -0.2) is 0 Å². The number of nitrogens with zero attached hydrogens (tertiary/aromatic N) is 3. The normalized spacial score (nSPS) is 12.6. The van der Waals surface area contributed by atoms with Crippen LogP contribution in [-0.2, 0) is 5.41 Å². The molecule has 0 bridgehead atoms. The van der Waals surface area contributed by atoms with E-state index in [9.17, 15) is 0 Å². The Hall–Kier alpha value is -7.40. The van der Waals surface area contributed by atoms with Gasteiger partial charge in [-0.05, 0) is 125 Å². The van der Waals surface area contributed by atoms with E-state index in [1.807, 2.05) is 11.3 Å². The van der Waals surface area contributed by atoms with Crippen LogP contribution in [0.4, 0.5) is 51.2 Å². The van der Waals surface area contributed by atoms with Gasteiger partial charge in [-0.2, -0.15) is 0 Å². The van der Waals surface area contributed by atoms with Gasteiger partial charge in [-0.3, -0.25) is 0 Å². The van der Waals surface area contributed by atoms with Gasteiger partial charge in [0.2, 0.25) is 0 Å². The van der Waals surface area contributed by atoms with Crippen LogP contribution >= 0.6 is 11.3 Å². The zero-order valence-electron chi connectivity index (χ0n) is 34.1. The molecule has 0 amide bonds. The van der Waals surface area contributed by atoms with Gasteiger partial charge in [-0.1, -0.05) is 135 Å². The van der Waals surface area contributed by atoms with Gasteiger partial charge in [-0.15, -0.1) is 11.3 Å². The van der Waals surface area contributed by atoms with E-state index in [0.29, 0.717) is 0 Å². The molecule has 1 aliphatic rings. The van der Waals surface area contributed by atoms with Crippen molar-refractivity contribution in [2.45, 2.75) is 19.3 Å². The maximum atomic E-state index is 2.45. The van der Waals surface area contributed by atoms with Gasteiger partial charge in [0.25, 0.3) is 0 Å². The Balaban J connectivity index is 1.10. The first kappa shape index (κ1) is 36.7. The highest BCUT2D eigenvalue weighted by atomic mass is 32.1. The minimum atomic E-state index is -0.220. The largest absolute Gasteiger partial charge is 0.310 e. The van der Waals surface area contributed by atoms with Gasteiger partial charge in [0, 0.05) is 66.4 Å². The zero-order chi connectivity index (χ0) is 40.9. The average Bonchev–Trinajstić information content (AvgIpc) is 3.80. The van der Waals surface area contributed by atoms with Gasteiger partial charge in [0.15, 0.2) is 0 Å². The third-order valence-corrected chi connectivity index (χ3v) is 13.4. The summed E-state index contributed by atoms with van der Waals surface area (Å²) >= 11 is 1.86. The fourth-order valence-electron chi connectivity index (χ4n) is 9.30. The lowest BCUT2D eigenvalue weighted by Gasteiger charge is -2.31. The van der Waals surface area contributed by atoms with Crippen molar-refractivity contribution >= 4 is 82.7 Å². The lowest BCUT2D eigenvalue weighted by Crippen LogP contribution is -2.17. The first-order valence-electron chi connectivity index (χ1n) is 20.9. The molecule has 61 heavy (non-hydrogen) atoms. The van der Waals surface area contributed by atoms with Crippen molar-refractivity contribution in [1.82, 2.24) is 0 Å². The second kappa shape index (κ2) is 15.0. The summed E-state index contributed by atoms with van der Waals surface area (Å²) in [5.74, 6) is 0. The van der Waals surface area contributed by atoms with Crippen LogP contribution in [0.2, 0.25) is 0 Å². The highest BCUT2D eigenvalue weighted by Gasteiger charge is 2.37. The van der Waals surface area contributed by atoms with E-state index in [2.05, 4.69) is 253 Å². The van der Waals surface area contributed by atoms with Crippen molar-refractivity contribution in [3.63, 3.8) is 0 Å².